The molecule has 0 aromatic heterocycles. The average Bonchev–Trinajstić information content (AvgIpc) is 2.55. The van der Waals surface area contributed by atoms with Gasteiger partial charge in [0, 0.05) is 23.5 Å². The standard InChI is InChI=1S/C14H23N9S3/c1-10(7-5-9-17-21-12(15)24)19-14(26)23-18-8-4-3-6-11(2)20-22-13(16)25/h4,9H,3,5-7H2,1-2H3,(H,23,26)(H3,15,21,24)(H3,16,22,25)/b17-9+,19-10?,20-11+. The second kappa shape index (κ2) is 15.0. The zero-order valence-corrected chi connectivity index (χ0v) is 17.1. The van der Waals surface area contributed by atoms with Gasteiger partial charge in [0.05, 0.1) is 0 Å². The van der Waals surface area contributed by atoms with Crippen LogP contribution in [0.4, 0.5) is 0 Å². The Bertz CT molecular complexity index is 646. The van der Waals surface area contributed by atoms with Crippen molar-refractivity contribution in [2.45, 2.75) is 39.5 Å². The van der Waals surface area contributed by atoms with Crippen molar-refractivity contribution in [1.82, 2.24) is 16.3 Å². The smallest absolute Gasteiger partial charge is 0.213 e. The van der Waals surface area contributed by atoms with E-state index >= 15 is 0 Å². The molecule has 0 fully saturated rings. The van der Waals surface area contributed by atoms with Crippen LogP contribution < -0.4 is 27.7 Å². The molecule has 0 bridgehead atoms. The molecule has 0 aromatic carbocycles. The molecule has 0 aliphatic carbocycles. The molecule has 0 amide bonds. The molecule has 26 heavy (non-hydrogen) atoms. The third-order valence-electron chi connectivity index (χ3n) is 2.51. The minimum atomic E-state index is 0.127. The SMILES string of the molecule is CC(CC/C=N/NC(N)=S)=NC(=S)NN=C=CCC/C(C)=N/NC(N)=S. The number of hydrazone groups is 3. The maximum Gasteiger partial charge on any atom is 0.213 e. The third-order valence-corrected chi connectivity index (χ3v) is 2.87. The van der Waals surface area contributed by atoms with Crippen molar-refractivity contribution in [2.24, 2.45) is 31.8 Å². The van der Waals surface area contributed by atoms with E-state index in [1.165, 1.54) is 0 Å². The van der Waals surface area contributed by atoms with Crippen LogP contribution in [0.5, 0.6) is 0 Å². The zero-order valence-electron chi connectivity index (χ0n) is 14.7. The van der Waals surface area contributed by atoms with Gasteiger partial charge in [-0.15, -0.1) is 5.10 Å². The van der Waals surface area contributed by atoms with Crippen molar-refractivity contribution in [3.63, 3.8) is 0 Å². The number of hydrogen-bond donors (Lipinski definition) is 5. The average molecular weight is 414 g/mol. The van der Waals surface area contributed by atoms with Crippen LogP contribution in [0.1, 0.15) is 39.5 Å². The van der Waals surface area contributed by atoms with Crippen molar-refractivity contribution in [3.05, 3.63) is 6.08 Å². The lowest BCUT2D eigenvalue weighted by Gasteiger charge is -1.99. The highest BCUT2D eigenvalue weighted by atomic mass is 32.1. The third kappa shape index (κ3) is 16.6. The van der Waals surface area contributed by atoms with E-state index in [0.29, 0.717) is 19.3 Å². The molecule has 0 atom stereocenters. The Morgan fingerprint density at radius 1 is 0.962 bits per heavy atom. The molecule has 0 aliphatic rings. The summed E-state index contributed by atoms with van der Waals surface area (Å²) in [5.41, 5.74) is 19.9. The topological polar surface area (TPSA) is 138 Å². The number of nitrogens with one attached hydrogen (secondary N) is 3. The van der Waals surface area contributed by atoms with Gasteiger partial charge in [0.2, 0.25) is 5.11 Å². The lowest BCUT2D eigenvalue weighted by molar-refractivity contribution is 0.986. The van der Waals surface area contributed by atoms with Crippen molar-refractivity contribution in [1.29, 1.82) is 0 Å². The highest BCUT2D eigenvalue weighted by molar-refractivity contribution is 7.80. The van der Waals surface area contributed by atoms with Crippen LogP contribution in [-0.4, -0.2) is 38.8 Å². The monoisotopic (exact) mass is 413 g/mol. The Kier molecular flexibility index (Phi) is 13.7. The molecule has 0 heterocycles. The molecule has 142 valence electrons. The van der Waals surface area contributed by atoms with Crippen LogP contribution in [0.15, 0.2) is 26.4 Å². The van der Waals surface area contributed by atoms with Crippen molar-refractivity contribution >= 4 is 75.5 Å². The Balaban J connectivity index is 4.09. The molecular formula is C14H23N9S3. The predicted molar refractivity (Wildman–Crippen MR) is 121 cm³/mol. The summed E-state index contributed by atoms with van der Waals surface area (Å²) in [6.07, 6.45) is 6.25. The number of allylic oxidation sites excluding steroid dienone is 1. The van der Waals surface area contributed by atoms with E-state index < -0.39 is 0 Å². The normalized spacial score (nSPS) is 11.5. The fourth-order valence-corrected chi connectivity index (χ4v) is 1.68. The molecule has 7 N–H and O–H groups in total. The summed E-state index contributed by atoms with van der Waals surface area (Å²) < 4.78 is 0. The summed E-state index contributed by atoms with van der Waals surface area (Å²) in [6.45, 7) is 3.73. The highest BCUT2D eigenvalue weighted by Crippen LogP contribution is 1.93. The molecule has 12 heteroatoms. The van der Waals surface area contributed by atoms with Crippen molar-refractivity contribution < 1.29 is 0 Å². The summed E-state index contributed by atoms with van der Waals surface area (Å²) >= 11 is 14.3. The maximum absolute atomic E-state index is 5.28. The van der Waals surface area contributed by atoms with Crippen molar-refractivity contribution in [3.8, 4) is 0 Å². The number of hydrogen-bond acceptors (Lipinski definition) is 6. The van der Waals surface area contributed by atoms with Crippen LogP contribution in [0.3, 0.4) is 0 Å². The van der Waals surface area contributed by atoms with Crippen LogP contribution >= 0.6 is 36.7 Å². The van der Waals surface area contributed by atoms with Gasteiger partial charge in [-0.3, -0.25) is 10.9 Å². The lowest BCUT2D eigenvalue weighted by Crippen LogP contribution is -2.25. The largest absolute Gasteiger partial charge is 0.375 e. The Morgan fingerprint density at radius 2 is 1.62 bits per heavy atom. The summed E-state index contributed by atoms with van der Waals surface area (Å²) in [7, 11) is 0. The lowest BCUT2D eigenvalue weighted by atomic mass is 10.2. The molecule has 0 rings (SSSR count). The molecule has 0 spiro atoms. The molecule has 0 unspecified atom stereocenters. The molecular weight excluding hydrogens is 390 g/mol. The predicted octanol–water partition coefficient (Wildman–Crippen LogP) is 1.05. The van der Waals surface area contributed by atoms with E-state index in [9.17, 15) is 0 Å². The molecule has 0 saturated heterocycles. The summed E-state index contributed by atoms with van der Waals surface area (Å²) in [4.78, 5) is 4.20. The van der Waals surface area contributed by atoms with E-state index in [1.807, 2.05) is 13.8 Å². The van der Waals surface area contributed by atoms with Gasteiger partial charge in [0.1, 0.15) is 0 Å². The quantitative estimate of drug-likeness (QED) is 0.215. The Morgan fingerprint density at radius 3 is 2.27 bits per heavy atom. The van der Waals surface area contributed by atoms with Gasteiger partial charge in [0.15, 0.2) is 10.2 Å². The first-order chi connectivity index (χ1) is 12.3. The van der Waals surface area contributed by atoms with Gasteiger partial charge < -0.3 is 11.5 Å². The second-order valence-electron chi connectivity index (χ2n) is 4.90. The first-order valence-corrected chi connectivity index (χ1v) is 8.80. The maximum atomic E-state index is 5.28. The van der Waals surface area contributed by atoms with Crippen LogP contribution in [0.2, 0.25) is 0 Å². The number of rotatable bonds is 9. The Hall–Kier alpha value is -2.27. The van der Waals surface area contributed by atoms with Gasteiger partial charge in [-0.1, -0.05) is 0 Å². The van der Waals surface area contributed by atoms with Gasteiger partial charge in [-0.05, 0) is 82.3 Å². The summed E-state index contributed by atoms with van der Waals surface area (Å²) in [5.74, 6) is 2.73. The fraction of sp³-hybridized carbons (Fsp3) is 0.429. The molecule has 0 aliphatic heterocycles. The van der Waals surface area contributed by atoms with E-state index in [1.54, 1.807) is 12.3 Å². The van der Waals surface area contributed by atoms with E-state index in [4.69, 9.17) is 23.7 Å². The zero-order chi connectivity index (χ0) is 19.8. The number of nitrogens with two attached hydrogens (primary N) is 2. The van der Waals surface area contributed by atoms with Gasteiger partial charge in [-0.2, -0.15) is 10.2 Å². The molecule has 0 radical (unpaired) electrons. The first-order valence-electron chi connectivity index (χ1n) is 7.58. The first kappa shape index (κ1) is 23.7. The van der Waals surface area contributed by atoms with E-state index in [0.717, 1.165) is 17.8 Å². The van der Waals surface area contributed by atoms with E-state index in [2.05, 4.69) is 66.9 Å². The minimum Gasteiger partial charge on any atom is -0.375 e. The number of thiocarbonyl (C=S) groups is 3. The van der Waals surface area contributed by atoms with Crippen LogP contribution in [0.25, 0.3) is 0 Å². The number of nitrogens with zero attached hydrogens (tertiary/aromatic N) is 4. The van der Waals surface area contributed by atoms with Gasteiger partial charge in [0.25, 0.3) is 0 Å². The number of aliphatic imine (C=N–C) groups is 1. The highest BCUT2D eigenvalue weighted by Gasteiger charge is 1.94. The van der Waals surface area contributed by atoms with Crippen molar-refractivity contribution in [2.75, 3.05) is 0 Å². The molecule has 9 nitrogen and oxygen atoms in total. The van der Waals surface area contributed by atoms with Crippen LogP contribution in [-0.2, 0) is 0 Å². The summed E-state index contributed by atoms with van der Waals surface area (Å²) in [5, 5.41) is 12.2. The van der Waals surface area contributed by atoms with Crippen LogP contribution in [0, 0.1) is 0 Å². The van der Waals surface area contributed by atoms with Gasteiger partial charge in [-0.25, -0.2) is 10.4 Å². The Labute approximate surface area is 169 Å². The summed E-state index contributed by atoms with van der Waals surface area (Å²) in [6, 6.07) is 0. The molecule has 0 aromatic rings. The molecule has 0 saturated carbocycles. The van der Waals surface area contributed by atoms with E-state index in [-0.39, 0.29) is 15.3 Å². The minimum absolute atomic E-state index is 0.127. The second-order valence-corrected chi connectivity index (χ2v) is 6.16. The fourth-order valence-electron chi connectivity index (χ4n) is 1.38. The van der Waals surface area contributed by atoms with Gasteiger partial charge >= 0.3 is 0 Å².